The maximum absolute atomic E-state index is 12.4. The van der Waals surface area contributed by atoms with Crippen molar-refractivity contribution in [3.05, 3.63) is 45.9 Å². The first kappa shape index (κ1) is 17.4. The van der Waals surface area contributed by atoms with Crippen molar-refractivity contribution in [1.29, 1.82) is 0 Å². The highest BCUT2D eigenvalue weighted by Crippen LogP contribution is 2.18. The van der Waals surface area contributed by atoms with E-state index in [-0.39, 0.29) is 17.7 Å². The van der Waals surface area contributed by atoms with Crippen molar-refractivity contribution in [2.45, 2.75) is 26.8 Å². The first-order chi connectivity index (χ1) is 10.9. The third-order valence-electron chi connectivity index (χ3n) is 3.21. The fraction of sp³-hybridized carbons (Fsp3) is 0.312. The van der Waals surface area contributed by atoms with Crippen LogP contribution in [0.3, 0.4) is 0 Å². The number of nitrogens with zero attached hydrogens (tertiary/aromatic N) is 1. The molecule has 0 aliphatic rings. The van der Waals surface area contributed by atoms with Crippen LogP contribution in [0.5, 0.6) is 0 Å². The number of thiazole rings is 1. The van der Waals surface area contributed by atoms with Crippen molar-refractivity contribution < 1.29 is 9.59 Å². The Kier molecular flexibility index (Phi) is 5.74. The van der Waals surface area contributed by atoms with Crippen LogP contribution in [0.25, 0.3) is 0 Å². The number of carbonyl (C=O) groups is 2. The van der Waals surface area contributed by atoms with Gasteiger partial charge in [-0.2, -0.15) is 0 Å². The number of halogens is 1. The molecule has 0 aliphatic carbocycles. The second-order valence-electron chi connectivity index (χ2n) is 5.44. The van der Waals surface area contributed by atoms with Crippen LogP contribution in [-0.2, 0) is 4.79 Å². The van der Waals surface area contributed by atoms with Gasteiger partial charge in [0.1, 0.15) is 6.04 Å². The largest absolute Gasteiger partial charge is 0.340 e. The number of anilines is 1. The lowest BCUT2D eigenvalue weighted by molar-refractivity contribution is -0.118. The van der Waals surface area contributed by atoms with Gasteiger partial charge in [0.2, 0.25) is 5.91 Å². The number of hydrogen-bond donors (Lipinski definition) is 2. The van der Waals surface area contributed by atoms with Crippen LogP contribution < -0.4 is 10.6 Å². The van der Waals surface area contributed by atoms with Gasteiger partial charge in [0, 0.05) is 11.1 Å². The summed E-state index contributed by atoms with van der Waals surface area (Å²) < 4.78 is 0. The SMILES string of the molecule is Cc1cnc(NC(=O)C(NC(=O)c2ccccc2Cl)C(C)C)s1. The first-order valence-corrected chi connectivity index (χ1v) is 8.36. The Labute approximate surface area is 144 Å². The number of aryl methyl sites for hydroxylation is 1. The minimum atomic E-state index is -0.678. The summed E-state index contributed by atoms with van der Waals surface area (Å²) in [5.74, 6) is -0.753. The highest BCUT2D eigenvalue weighted by Gasteiger charge is 2.26. The molecule has 1 aromatic carbocycles. The fourth-order valence-corrected chi connectivity index (χ4v) is 2.88. The molecule has 2 amide bonds. The molecule has 2 aromatic rings. The Balaban J connectivity index is 2.10. The van der Waals surface area contributed by atoms with Crippen molar-refractivity contribution >= 4 is 39.9 Å². The zero-order chi connectivity index (χ0) is 17.0. The molecule has 0 spiro atoms. The van der Waals surface area contributed by atoms with Crippen LogP contribution in [0.4, 0.5) is 5.13 Å². The molecule has 0 fully saturated rings. The predicted octanol–water partition coefficient (Wildman–Crippen LogP) is 3.50. The van der Waals surface area contributed by atoms with E-state index in [1.807, 2.05) is 20.8 Å². The molecule has 0 bridgehead atoms. The lowest BCUT2D eigenvalue weighted by Gasteiger charge is -2.21. The minimum Gasteiger partial charge on any atom is -0.340 e. The van der Waals surface area contributed by atoms with E-state index in [0.717, 1.165) is 4.88 Å². The predicted molar refractivity (Wildman–Crippen MR) is 93.0 cm³/mol. The van der Waals surface area contributed by atoms with Gasteiger partial charge in [-0.05, 0) is 25.0 Å². The highest BCUT2D eigenvalue weighted by molar-refractivity contribution is 7.15. The fourth-order valence-electron chi connectivity index (χ4n) is 1.99. The van der Waals surface area contributed by atoms with Gasteiger partial charge in [-0.3, -0.25) is 9.59 Å². The summed E-state index contributed by atoms with van der Waals surface area (Å²) in [6, 6.07) is 6.05. The van der Waals surface area contributed by atoms with Gasteiger partial charge in [-0.1, -0.05) is 37.6 Å². The minimum absolute atomic E-state index is 0.0810. The summed E-state index contributed by atoms with van der Waals surface area (Å²) >= 11 is 7.41. The van der Waals surface area contributed by atoms with Gasteiger partial charge in [0.05, 0.1) is 10.6 Å². The number of hydrogen-bond acceptors (Lipinski definition) is 4. The molecule has 2 rings (SSSR count). The molecular formula is C16H18ClN3O2S. The normalized spacial score (nSPS) is 12.0. The number of aromatic nitrogens is 1. The summed E-state index contributed by atoms with van der Waals surface area (Å²) in [6.45, 7) is 5.64. The topological polar surface area (TPSA) is 71.1 Å². The summed E-state index contributed by atoms with van der Waals surface area (Å²) in [6.07, 6.45) is 1.69. The van der Waals surface area contributed by atoms with E-state index in [4.69, 9.17) is 11.6 Å². The molecule has 0 saturated heterocycles. The summed E-state index contributed by atoms with van der Waals surface area (Å²) in [7, 11) is 0. The molecule has 0 radical (unpaired) electrons. The van der Waals surface area contributed by atoms with Gasteiger partial charge in [0.15, 0.2) is 5.13 Å². The van der Waals surface area contributed by atoms with Crippen LogP contribution in [-0.4, -0.2) is 22.8 Å². The number of amides is 2. The van der Waals surface area contributed by atoms with Crippen LogP contribution >= 0.6 is 22.9 Å². The molecule has 2 N–H and O–H groups in total. The third-order valence-corrected chi connectivity index (χ3v) is 4.36. The Morgan fingerprint density at radius 1 is 1.26 bits per heavy atom. The van der Waals surface area contributed by atoms with E-state index in [1.54, 1.807) is 30.5 Å². The summed E-state index contributed by atoms with van der Waals surface area (Å²) in [5, 5.41) is 6.35. The number of carbonyl (C=O) groups excluding carboxylic acids is 2. The van der Waals surface area contributed by atoms with Crippen LogP contribution in [0.1, 0.15) is 29.1 Å². The molecule has 23 heavy (non-hydrogen) atoms. The lowest BCUT2D eigenvalue weighted by Crippen LogP contribution is -2.47. The van der Waals surface area contributed by atoms with Gasteiger partial charge < -0.3 is 10.6 Å². The highest BCUT2D eigenvalue weighted by atomic mass is 35.5. The van der Waals surface area contributed by atoms with Crippen molar-refractivity contribution in [2.24, 2.45) is 5.92 Å². The molecule has 1 heterocycles. The van der Waals surface area contributed by atoms with Gasteiger partial charge >= 0.3 is 0 Å². The number of rotatable bonds is 5. The Hall–Kier alpha value is -1.92. The van der Waals surface area contributed by atoms with E-state index in [9.17, 15) is 9.59 Å². The summed E-state index contributed by atoms with van der Waals surface area (Å²) in [5.41, 5.74) is 0.345. The van der Waals surface area contributed by atoms with Crippen LogP contribution in [0, 0.1) is 12.8 Å². The summed E-state index contributed by atoms with van der Waals surface area (Å²) in [4.78, 5) is 29.9. The molecule has 1 aromatic heterocycles. The van der Waals surface area contributed by atoms with Gasteiger partial charge in [-0.15, -0.1) is 11.3 Å². The average Bonchev–Trinajstić information content (AvgIpc) is 2.89. The molecule has 122 valence electrons. The van der Waals surface area contributed by atoms with Crippen molar-refractivity contribution in [3.63, 3.8) is 0 Å². The maximum atomic E-state index is 12.4. The second kappa shape index (κ2) is 7.57. The molecule has 0 aliphatic heterocycles. The molecular weight excluding hydrogens is 334 g/mol. The van der Waals surface area contributed by atoms with Gasteiger partial charge in [0.25, 0.3) is 5.91 Å². The van der Waals surface area contributed by atoms with Crippen LogP contribution in [0.15, 0.2) is 30.5 Å². The maximum Gasteiger partial charge on any atom is 0.253 e. The molecule has 1 unspecified atom stereocenters. The van der Waals surface area contributed by atoms with Crippen molar-refractivity contribution in [2.75, 3.05) is 5.32 Å². The Morgan fingerprint density at radius 2 is 1.96 bits per heavy atom. The number of benzene rings is 1. The van der Waals surface area contributed by atoms with Crippen molar-refractivity contribution in [1.82, 2.24) is 10.3 Å². The quantitative estimate of drug-likeness (QED) is 0.866. The van der Waals surface area contributed by atoms with Crippen LogP contribution in [0.2, 0.25) is 5.02 Å². The van der Waals surface area contributed by atoms with E-state index >= 15 is 0 Å². The van der Waals surface area contributed by atoms with Crippen molar-refractivity contribution in [3.8, 4) is 0 Å². The average molecular weight is 352 g/mol. The lowest BCUT2D eigenvalue weighted by atomic mass is 10.0. The standard InChI is InChI=1S/C16H18ClN3O2S/c1-9(2)13(15(22)20-16-18-8-10(3)23-16)19-14(21)11-6-4-5-7-12(11)17/h4-9,13H,1-3H3,(H,19,21)(H,18,20,22). The van der Waals surface area contributed by atoms with E-state index in [2.05, 4.69) is 15.6 Å². The van der Waals surface area contributed by atoms with E-state index in [0.29, 0.717) is 15.7 Å². The molecule has 0 saturated carbocycles. The molecule has 5 nitrogen and oxygen atoms in total. The molecule has 7 heteroatoms. The smallest absolute Gasteiger partial charge is 0.253 e. The van der Waals surface area contributed by atoms with E-state index < -0.39 is 6.04 Å². The zero-order valence-corrected chi connectivity index (χ0v) is 14.7. The number of nitrogens with one attached hydrogen (secondary N) is 2. The second-order valence-corrected chi connectivity index (χ2v) is 7.08. The Bertz CT molecular complexity index is 715. The first-order valence-electron chi connectivity index (χ1n) is 7.17. The van der Waals surface area contributed by atoms with E-state index in [1.165, 1.54) is 11.3 Å². The Morgan fingerprint density at radius 3 is 2.52 bits per heavy atom. The molecule has 1 atom stereocenters. The monoisotopic (exact) mass is 351 g/mol. The van der Waals surface area contributed by atoms with Gasteiger partial charge in [-0.25, -0.2) is 4.98 Å². The zero-order valence-electron chi connectivity index (χ0n) is 13.1. The third kappa shape index (κ3) is 4.53.